The van der Waals surface area contributed by atoms with E-state index in [9.17, 15) is 14.4 Å². The van der Waals surface area contributed by atoms with Gasteiger partial charge < -0.3 is 15.5 Å². The fourth-order valence-electron chi connectivity index (χ4n) is 6.22. The number of nitrogens with one attached hydrogen (secondary N) is 2. The summed E-state index contributed by atoms with van der Waals surface area (Å²) in [6, 6.07) is 3.67. The van der Waals surface area contributed by atoms with E-state index in [1.165, 1.54) is 69.6 Å². The summed E-state index contributed by atoms with van der Waals surface area (Å²) in [7, 11) is 1.67. The molecule has 0 bridgehead atoms. The van der Waals surface area contributed by atoms with E-state index in [0.717, 1.165) is 60.8 Å². The molecule has 1 fully saturated rings. The summed E-state index contributed by atoms with van der Waals surface area (Å²) in [4.78, 5) is 40.3. The van der Waals surface area contributed by atoms with E-state index in [-0.39, 0.29) is 24.1 Å². The molecule has 1 atom stereocenters. The van der Waals surface area contributed by atoms with Crippen LogP contribution in [0.3, 0.4) is 0 Å². The standard InChI is InChI=1S/C32H49N5O3/c1-23-32(40)33-18-14-9-7-5-4-6-8-13-17-26-19-27(34-21-25-15-11-10-12-16-25)20-28-30(24(2)38)35-37(31(26)28)22-29(39)36(23)3/h19-20,23,25,34H,4-18,21-22H2,1-3H3,(H,33,40)/t23-/m0/s1. The van der Waals surface area contributed by atoms with Gasteiger partial charge >= 0.3 is 0 Å². The summed E-state index contributed by atoms with van der Waals surface area (Å²) in [6.07, 6.45) is 16.5. The van der Waals surface area contributed by atoms with Gasteiger partial charge in [-0.3, -0.25) is 19.1 Å². The quantitative estimate of drug-likeness (QED) is 0.463. The number of aryl methyl sites for hydroxylation is 1. The molecular formula is C32H49N5O3. The highest BCUT2D eigenvalue weighted by Crippen LogP contribution is 2.30. The molecule has 40 heavy (non-hydrogen) atoms. The second-order valence-corrected chi connectivity index (χ2v) is 12.0. The Morgan fingerprint density at radius 2 is 1.62 bits per heavy atom. The minimum Gasteiger partial charge on any atom is -0.385 e. The zero-order chi connectivity index (χ0) is 28.5. The molecule has 1 aliphatic heterocycles. The van der Waals surface area contributed by atoms with Crippen molar-refractivity contribution in [3.05, 3.63) is 23.4 Å². The Balaban J connectivity index is 1.65. The van der Waals surface area contributed by atoms with Gasteiger partial charge in [-0.25, -0.2) is 0 Å². The first-order valence-electron chi connectivity index (χ1n) is 15.7. The molecule has 1 aromatic carbocycles. The molecule has 0 spiro atoms. The van der Waals surface area contributed by atoms with E-state index in [1.807, 2.05) is 6.07 Å². The van der Waals surface area contributed by atoms with E-state index in [4.69, 9.17) is 0 Å². The molecule has 0 radical (unpaired) electrons. The third-order valence-electron chi connectivity index (χ3n) is 8.89. The predicted molar refractivity (Wildman–Crippen MR) is 161 cm³/mol. The number of hydrogen-bond donors (Lipinski definition) is 2. The smallest absolute Gasteiger partial charge is 0.244 e. The Labute approximate surface area is 239 Å². The van der Waals surface area contributed by atoms with Crippen LogP contribution >= 0.6 is 0 Å². The van der Waals surface area contributed by atoms with E-state index < -0.39 is 6.04 Å². The zero-order valence-electron chi connectivity index (χ0n) is 24.9. The van der Waals surface area contributed by atoms with Crippen molar-refractivity contribution >= 4 is 34.2 Å². The second kappa shape index (κ2) is 14.6. The van der Waals surface area contributed by atoms with Gasteiger partial charge in [0.25, 0.3) is 0 Å². The van der Waals surface area contributed by atoms with Crippen LogP contribution < -0.4 is 10.6 Å². The Bertz CT molecular complexity index is 1170. The van der Waals surface area contributed by atoms with Crippen molar-refractivity contribution < 1.29 is 14.4 Å². The average molecular weight is 552 g/mol. The fourth-order valence-corrected chi connectivity index (χ4v) is 6.22. The van der Waals surface area contributed by atoms with Crippen LogP contribution in [0.15, 0.2) is 12.1 Å². The van der Waals surface area contributed by atoms with Crippen molar-refractivity contribution in [1.29, 1.82) is 0 Å². The zero-order valence-corrected chi connectivity index (χ0v) is 24.9. The molecule has 1 aliphatic carbocycles. The van der Waals surface area contributed by atoms with Crippen molar-refractivity contribution in [2.75, 3.05) is 25.5 Å². The highest BCUT2D eigenvalue weighted by Gasteiger charge is 2.25. The first-order valence-corrected chi connectivity index (χ1v) is 15.7. The molecule has 8 nitrogen and oxygen atoms in total. The Morgan fingerprint density at radius 1 is 0.975 bits per heavy atom. The number of aromatic nitrogens is 2. The van der Waals surface area contributed by atoms with Gasteiger partial charge in [-0.2, -0.15) is 5.10 Å². The second-order valence-electron chi connectivity index (χ2n) is 12.0. The lowest BCUT2D eigenvalue weighted by Crippen LogP contribution is -2.47. The van der Waals surface area contributed by atoms with Crippen LogP contribution in [0.2, 0.25) is 0 Å². The number of anilines is 1. The molecule has 1 saturated carbocycles. The lowest BCUT2D eigenvalue weighted by Gasteiger charge is -2.24. The minimum absolute atomic E-state index is 0.0141. The van der Waals surface area contributed by atoms with E-state index in [1.54, 1.807) is 18.7 Å². The van der Waals surface area contributed by atoms with Crippen molar-refractivity contribution in [3.63, 3.8) is 0 Å². The van der Waals surface area contributed by atoms with Gasteiger partial charge in [0, 0.05) is 38.1 Å². The number of rotatable bonds is 4. The molecule has 220 valence electrons. The van der Waals surface area contributed by atoms with Crippen molar-refractivity contribution in [2.45, 2.75) is 116 Å². The molecule has 2 heterocycles. The lowest BCUT2D eigenvalue weighted by molar-refractivity contribution is -0.138. The Hall–Kier alpha value is -2.90. The number of carbonyl (C=O) groups excluding carboxylic acids is 3. The molecule has 2 amide bonds. The monoisotopic (exact) mass is 551 g/mol. The third-order valence-corrected chi connectivity index (χ3v) is 8.89. The maximum Gasteiger partial charge on any atom is 0.244 e. The van der Waals surface area contributed by atoms with Crippen LogP contribution in [0.4, 0.5) is 5.69 Å². The van der Waals surface area contributed by atoms with Gasteiger partial charge in [-0.1, -0.05) is 57.8 Å². The summed E-state index contributed by atoms with van der Waals surface area (Å²) in [5.41, 5.74) is 3.43. The van der Waals surface area contributed by atoms with E-state index in [2.05, 4.69) is 21.8 Å². The molecule has 1 aromatic heterocycles. The summed E-state index contributed by atoms with van der Waals surface area (Å²) in [5.74, 6) is 0.233. The summed E-state index contributed by atoms with van der Waals surface area (Å²) in [5, 5.41) is 12.1. The first-order chi connectivity index (χ1) is 19.3. The van der Waals surface area contributed by atoms with Gasteiger partial charge in [0.2, 0.25) is 11.8 Å². The highest BCUT2D eigenvalue weighted by molar-refractivity contribution is 6.06. The summed E-state index contributed by atoms with van der Waals surface area (Å²) in [6.45, 7) is 4.86. The first kappa shape index (κ1) is 30.1. The maximum atomic E-state index is 13.4. The average Bonchev–Trinajstić information content (AvgIpc) is 3.32. The van der Waals surface area contributed by atoms with Crippen molar-refractivity contribution in [1.82, 2.24) is 20.0 Å². The van der Waals surface area contributed by atoms with Crippen LogP contribution in [0, 0.1) is 5.92 Å². The molecule has 2 aromatic rings. The fraction of sp³-hybridized carbons (Fsp3) is 0.688. The number of nitrogens with zero attached hydrogens (tertiary/aromatic N) is 3. The number of carbonyl (C=O) groups is 3. The Morgan fingerprint density at radius 3 is 2.33 bits per heavy atom. The third kappa shape index (κ3) is 7.85. The largest absolute Gasteiger partial charge is 0.385 e. The SMILES string of the molecule is CC(=O)c1nn2c3c(cc(NCC4CCCCC4)cc13)CCCCCCCCCCNC(=O)[C@H](C)N(C)C(=O)C2. The number of ketones is 1. The van der Waals surface area contributed by atoms with Crippen molar-refractivity contribution in [2.24, 2.45) is 5.92 Å². The topological polar surface area (TPSA) is 96.3 Å². The molecule has 4 rings (SSSR count). The van der Waals surface area contributed by atoms with Crippen molar-refractivity contribution in [3.8, 4) is 0 Å². The van der Waals surface area contributed by atoms with Crippen LogP contribution in [-0.4, -0.2) is 58.5 Å². The highest BCUT2D eigenvalue weighted by atomic mass is 16.2. The van der Waals surface area contributed by atoms with Crippen LogP contribution in [-0.2, 0) is 22.6 Å². The molecule has 0 saturated heterocycles. The van der Waals surface area contributed by atoms with Crippen LogP contribution in [0.25, 0.3) is 10.9 Å². The van der Waals surface area contributed by atoms with E-state index in [0.29, 0.717) is 18.2 Å². The molecule has 0 unspecified atom stereocenters. The van der Waals surface area contributed by atoms with Gasteiger partial charge in [-0.15, -0.1) is 0 Å². The summed E-state index contributed by atoms with van der Waals surface area (Å²) >= 11 is 0. The van der Waals surface area contributed by atoms with Crippen LogP contribution in [0.1, 0.15) is 113 Å². The van der Waals surface area contributed by atoms with E-state index >= 15 is 0 Å². The number of amides is 2. The Kier molecular flexibility index (Phi) is 11.0. The molecule has 8 heteroatoms. The number of hydrogen-bond acceptors (Lipinski definition) is 5. The minimum atomic E-state index is -0.584. The van der Waals surface area contributed by atoms with Gasteiger partial charge in [0.05, 0.1) is 5.52 Å². The maximum absolute atomic E-state index is 13.4. The van der Waals surface area contributed by atoms with Gasteiger partial charge in [-0.05, 0) is 62.6 Å². The number of likely N-dealkylation sites (N-methyl/N-ethyl adjacent to an activating group) is 1. The summed E-state index contributed by atoms with van der Waals surface area (Å²) < 4.78 is 1.70. The van der Waals surface area contributed by atoms with Crippen LogP contribution in [0.5, 0.6) is 0 Å². The molecule has 2 N–H and O–H groups in total. The number of benzene rings is 1. The number of Topliss-reactive ketones (excluding diaryl/α,β-unsaturated/α-hetero) is 1. The predicted octanol–water partition coefficient (Wildman–Crippen LogP) is 5.87. The molecule has 2 aliphatic rings. The normalized spacial score (nSPS) is 21.4. The van der Waals surface area contributed by atoms with Gasteiger partial charge in [0.15, 0.2) is 5.78 Å². The van der Waals surface area contributed by atoms with Gasteiger partial charge in [0.1, 0.15) is 18.3 Å². The molecular weight excluding hydrogens is 502 g/mol. The lowest BCUT2D eigenvalue weighted by atomic mass is 9.89.